The van der Waals surface area contributed by atoms with Crippen LogP contribution in [0.15, 0.2) is 17.1 Å². The second-order valence-corrected chi connectivity index (χ2v) is 14.1. The third-order valence-corrected chi connectivity index (χ3v) is 13.0. The second-order valence-electron chi connectivity index (χ2n) is 14.1. The summed E-state index contributed by atoms with van der Waals surface area (Å²) in [4.78, 5) is 29.1. The predicted octanol–water partition coefficient (Wildman–Crippen LogP) is 7.30. The SMILES string of the molecule is C=C(C)[C@@H]1CC[C@]2(N=C=O)CC[C@]3(C)[C@H](CC[C@@H]4[C@@]5(C)CCC(=O)C(C)(C)[C@@H]5CC[C@]43C)[C@@H]12. The zero-order valence-corrected chi connectivity index (χ0v) is 21.9. The fourth-order valence-electron chi connectivity index (χ4n) is 11.2. The Morgan fingerprint density at radius 3 is 2.30 bits per heavy atom. The van der Waals surface area contributed by atoms with Crippen LogP contribution in [-0.2, 0) is 9.59 Å². The number of rotatable bonds is 2. The maximum absolute atomic E-state index is 12.9. The molecule has 0 N–H and O–H groups in total. The van der Waals surface area contributed by atoms with E-state index >= 15 is 0 Å². The predicted molar refractivity (Wildman–Crippen MR) is 132 cm³/mol. The number of isocyanates is 1. The Morgan fingerprint density at radius 1 is 0.909 bits per heavy atom. The molecule has 5 aliphatic carbocycles. The van der Waals surface area contributed by atoms with Crippen molar-refractivity contribution in [2.75, 3.05) is 0 Å². The monoisotopic (exact) mass is 451 g/mol. The van der Waals surface area contributed by atoms with Crippen molar-refractivity contribution in [3.63, 3.8) is 0 Å². The van der Waals surface area contributed by atoms with E-state index in [-0.39, 0.29) is 27.2 Å². The second kappa shape index (κ2) is 7.16. The Labute approximate surface area is 201 Å². The normalized spacial score (nSPS) is 52.5. The Bertz CT molecular complexity index is 930. The van der Waals surface area contributed by atoms with Crippen molar-refractivity contribution < 1.29 is 9.59 Å². The third kappa shape index (κ3) is 2.78. The van der Waals surface area contributed by atoms with E-state index in [9.17, 15) is 9.59 Å². The average molecular weight is 452 g/mol. The van der Waals surface area contributed by atoms with Crippen LogP contribution >= 0.6 is 0 Å². The molecule has 0 radical (unpaired) electrons. The minimum absolute atomic E-state index is 0.191. The van der Waals surface area contributed by atoms with Gasteiger partial charge in [-0.15, -0.1) is 0 Å². The summed E-state index contributed by atoms with van der Waals surface area (Å²) in [5.74, 6) is 3.16. The molecule has 0 aromatic carbocycles. The van der Waals surface area contributed by atoms with Crippen molar-refractivity contribution in [2.24, 2.45) is 56.2 Å². The number of fused-ring (bicyclic) bond motifs is 7. The lowest BCUT2D eigenvalue weighted by Crippen LogP contribution is -2.66. The quantitative estimate of drug-likeness (QED) is 0.251. The zero-order valence-electron chi connectivity index (χ0n) is 21.9. The molecule has 5 saturated carbocycles. The van der Waals surface area contributed by atoms with Crippen LogP contribution in [0.4, 0.5) is 0 Å². The number of aliphatic imine (C=N–C) groups is 1. The lowest BCUT2D eigenvalue weighted by atomic mass is 9.32. The van der Waals surface area contributed by atoms with E-state index in [4.69, 9.17) is 0 Å². The highest BCUT2D eigenvalue weighted by Crippen LogP contribution is 2.76. The summed E-state index contributed by atoms with van der Waals surface area (Å²) in [5, 5.41) is 0. The molecule has 0 aromatic heterocycles. The van der Waals surface area contributed by atoms with Gasteiger partial charge in [0.2, 0.25) is 6.08 Å². The van der Waals surface area contributed by atoms with Gasteiger partial charge in [0.25, 0.3) is 0 Å². The van der Waals surface area contributed by atoms with Gasteiger partial charge in [0, 0.05) is 11.8 Å². The first kappa shape index (κ1) is 23.5. The van der Waals surface area contributed by atoms with Gasteiger partial charge in [-0.3, -0.25) is 4.79 Å². The summed E-state index contributed by atoms with van der Waals surface area (Å²) in [6, 6.07) is 0. The van der Waals surface area contributed by atoms with Crippen LogP contribution in [0.1, 0.15) is 106 Å². The van der Waals surface area contributed by atoms with Crippen LogP contribution in [0.25, 0.3) is 0 Å². The number of nitrogens with zero attached hydrogens (tertiary/aromatic N) is 1. The fourth-order valence-corrected chi connectivity index (χ4v) is 11.2. The van der Waals surface area contributed by atoms with E-state index in [0.717, 1.165) is 32.1 Å². The Hall–Kier alpha value is -1.21. The van der Waals surface area contributed by atoms with E-state index in [1.54, 1.807) is 0 Å². The maximum atomic E-state index is 12.9. The molecule has 33 heavy (non-hydrogen) atoms. The topological polar surface area (TPSA) is 46.5 Å². The van der Waals surface area contributed by atoms with Crippen LogP contribution in [-0.4, -0.2) is 17.4 Å². The maximum Gasteiger partial charge on any atom is 0.235 e. The zero-order chi connectivity index (χ0) is 24.0. The van der Waals surface area contributed by atoms with E-state index < -0.39 is 0 Å². The van der Waals surface area contributed by atoms with Gasteiger partial charge in [0.05, 0.1) is 5.54 Å². The van der Waals surface area contributed by atoms with Crippen LogP contribution in [0.5, 0.6) is 0 Å². The first-order valence-electron chi connectivity index (χ1n) is 13.7. The van der Waals surface area contributed by atoms with Crippen molar-refractivity contribution >= 4 is 11.9 Å². The van der Waals surface area contributed by atoms with Gasteiger partial charge in [0.15, 0.2) is 0 Å². The largest absolute Gasteiger partial charge is 0.299 e. The number of carbonyl (C=O) groups excluding carboxylic acids is 2. The van der Waals surface area contributed by atoms with Crippen molar-refractivity contribution in [2.45, 2.75) is 111 Å². The van der Waals surface area contributed by atoms with Gasteiger partial charge in [-0.25, -0.2) is 4.79 Å². The van der Waals surface area contributed by atoms with E-state index in [0.29, 0.717) is 35.4 Å². The highest BCUT2D eigenvalue weighted by molar-refractivity contribution is 5.85. The Kier molecular flexibility index (Phi) is 5.10. The van der Waals surface area contributed by atoms with Crippen molar-refractivity contribution in [1.29, 1.82) is 0 Å². The van der Waals surface area contributed by atoms with Crippen molar-refractivity contribution in [3.8, 4) is 0 Å². The molecule has 9 atom stereocenters. The molecule has 0 heterocycles. The summed E-state index contributed by atoms with van der Waals surface area (Å²) in [7, 11) is 0. The highest BCUT2D eigenvalue weighted by atomic mass is 16.1. The first-order chi connectivity index (χ1) is 15.4. The Morgan fingerprint density at radius 2 is 1.64 bits per heavy atom. The van der Waals surface area contributed by atoms with Gasteiger partial charge in [-0.2, -0.15) is 4.99 Å². The number of hydrogen-bond acceptors (Lipinski definition) is 3. The summed E-state index contributed by atoms with van der Waals surface area (Å²) in [6.07, 6.45) is 13.1. The number of Topliss-reactive ketones (excluding diaryl/α,β-unsaturated/α-hetero) is 1. The molecule has 5 fully saturated rings. The molecule has 5 rings (SSSR count). The van der Waals surface area contributed by atoms with Gasteiger partial charge in [-0.05, 0) is 111 Å². The van der Waals surface area contributed by atoms with Gasteiger partial charge in [0.1, 0.15) is 5.78 Å². The molecular weight excluding hydrogens is 406 g/mol. The van der Waals surface area contributed by atoms with Crippen LogP contribution < -0.4 is 0 Å². The molecule has 3 heteroatoms. The number of allylic oxidation sites excluding steroid dienone is 1. The molecule has 0 aromatic rings. The van der Waals surface area contributed by atoms with Crippen LogP contribution in [0.2, 0.25) is 0 Å². The van der Waals surface area contributed by atoms with Crippen LogP contribution in [0, 0.1) is 51.2 Å². The molecule has 182 valence electrons. The van der Waals surface area contributed by atoms with E-state index in [2.05, 4.69) is 53.1 Å². The van der Waals surface area contributed by atoms with Crippen molar-refractivity contribution in [3.05, 3.63) is 12.2 Å². The summed E-state index contributed by atoms with van der Waals surface area (Å²) in [6.45, 7) is 18.8. The molecular formula is C30H45NO2. The lowest BCUT2D eigenvalue weighted by molar-refractivity contribution is -0.227. The molecule has 5 aliphatic rings. The molecule has 3 nitrogen and oxygen atoms in total. The lowest BCUT2D eigenvalue weighted by Gasteiger charge is -2.72. The standard InChI is InChI=1S/C30H45NO2/c1-19(2)20-10-15-30(31-18-32)17-16-28(6)21(25(20)30)8-9-23-27(5)13-12-24(33)26(3,4)22(27)11-14-29(23,28)7/h20-23,25H,1,8-17H2,2-7H3/t20-,21+,22-,23+,25+,27-,28+,29+,30-/m0/s1. The minimum Gasteiger partial charge on any atom is -0.299 e. The van der Waals surface area contributed by atoms with Crippen molar-refractivity contribution in [1.82, 2.24) is 0 Å². The number of hydrogen-bond donors (Lipinski definition) is 0. The Balaban J connectivity index is 1.57. The fraction of sp³-hybridized carbons (Fsp3) is 0.867. The third-order valence-electron chi connectivity index (χ3n) is 13.0. The summed E-state index contributed by atoms with van der Waals surface area (Å²) < 4.78 is 0. The van der Waals surface area contributed by atoms with E-state index in [1.807, 2.05) is 6.08 Å². The minimum atomic E-state index is -0.209. The highest BCUT2D eigenvalue weighted by Gasteiger charge is 2.71. The smallest absolute Gasteiger partial charge is 0.235 e. The molecule has 0 amide bonds. The van der Waals surface area contributed by atoms with Gasteiger partial charge < -0.3 is 0 Å². The molecule has 0 bridgehead atoms. The number of ketones is 1. The average Bonchev–Trinajstić information content (AvgIpc) is 3.12. The van der Waals surface area contributed by atoms with Gasteiger partial charge >= 0.3 is 0 Å². The summed E-state index contributed by atoms with van der Waals surface area (Å²) >= 11 is 0. The molecule has 0 spiro atoms. The molecule has 0 aliphatic heterocycles. The summed E-state index contributed by atoms with van der Waals surface area (Å²) in [5.41, 5.74) is 1.65. The molecule has 0 saturated heterocycles. The van der Waals surface area contributed by atoms with Gasteiger partial charge in [-0.1, -0.05) is 46.8 Å². The van der Waals surface area contributed by atoms with Crippen LogP contribution in [0.3, 0.4) is 0 Å². The van der Waals surface area contributed by atoms with E-state index in [1.165, 1.54) is 37.7 Å². The first-order valence-corrected chi connectivity index (χ1v) is 13.7. The number of carbonyl (C=O) groups is 1. The molecule has 0 unspecified atom stereocenters.